The van der Waals surface area contributed by atoms with Crippen LogP contribution in [0.1, 0.15) is 10.4 Å². The van der Waals surface area contributed by atoms with Crippen molar-refractivity contribution in [1.29, 1.82) is 0 Å². The van der Waals surface area contributed by atoms with Crippen LogP contribution in [-0.4, -0.2) is 18.8 Å². The second-order valence-corrected chi connectivity index (χ2v) is 7.05. The van der Waals surface area contributed by atoms with Crippen LogP contribution in [0.3, 0.4) is 0 Å². The van der Waals surface area contributed by atoms with E-state index in [1.165, 1.54) is 18.2 Å². The van der Waals surface area contributed by atoms with Crippen molar-refractivity contribution in [2.24, 2.45) is 5.14 Å². The lowest BCUT2D eigenvalue weighted by molar-refractivity contribution is 0.0973. The molecular weight excluding hydrogens is 336 g/mol. The van der Waals surface area contributed by atoms with Crippen LogP contribution in [0.25, 0.3) is 10.9 Å². The summed E-state index contributed by atoms with van der Waals surface area (Å²) < 4.78 is 24.8. The minimum Gasteiger partial charge on any atom is -0.340 e. The number of sulfonamides is 1. The largest absolute Gasteiger partial charge is 0.340 e. The minimum atomic E-state index is -3.98. The smallest absolute Gasteiger partial charge is 0.239 e. The minimum absolute atomic E-state index is 0.00420. The van der Waals surface area contributed by atoms with Crippen molar-refractivity contribution < 1.29 is 13.2 Å². The number of nitrogens with zero attached hydrogens (tertiary/aromatic N) is 1. The van der Waals surface area contributed by atoms with Crippen LogP contribution in [0.5, 0.6) is 0 Å². The summed E-state index contributed by atoms with van der Waals surface area (Å²) >= 11 is 5.83. The first kappa shape index (κ1) is 15.7. The van der Waals surface area contributed by atoms with Gasteiger partial charge in [0.25, 0.3) is 0 Å². The number of para-hydroxylation sites is 1. The second kappa shape index (κ2) is 5.81. The fraction of sp³-hybridized carbons (Fsp3) is 0.0625. The quantitative estimate of drug-likeness (QED) is 0.736. The van der Waals surface area contributed by atoms with Crippen LogP contribution in [0.2, 0.25) is 5.02 Å². The molecule has 7 heteroatoms. The first-order valence-corrected chi connectivity index (χ1v) is 8.68. The molecule has 0 aliphatic carbocycles. The van der Waals surface area contributed by atoms with Crippen LogP contribution >= 0.6 is 11.6 Å². The van der Waals surface area contributed by atoms with Gasteiger partial charge in [-0.1, -0.05) is 29.8 Å². The summed E-state index contributed by atoms with van der Waals surface area (Å²) in [5, 5.41) is 6.13. The Balaban J connectivity index is 1.95. The number of fused-ring (bicyclic) bond motifs is 1. The Labute approximate surface area is 138 Å². The van der Waals surface area contributed by atoms with Gasteiger partial charge in [0.2, 0.25) is 10.0 Å². The zero-order valence-electron chi connectivity index (χ0n) is 11.9. The van der Waals surface area contributed by atoms with E-state index < -0.39 is 10.0 Å². The number of aromatic nitrogens is 1. The molecule has 118 valence electrons. The Morgan fingerprint density at radius 2 is 1.87 bits per heavy atom. The number of primary sulfonamides is 1. The fourth-order valence-corrected chi connectivity index (χ4v) is 3.49. The Bertz CT molecular complexity index is 1010. The Kier molecular flexibility index (Phi) is 3.97. The standard InChI is InChI=1S/C16H13ClN2O3S/c17-13-6-5-12(9-16(13)23(18,21)22)15(20)10-19-8-7-11-3-1-2-4-14(11)19/h1-9H,10H2,(H2,18,21,22). The number of benzene rings is 2. The van der Waals surface area contributed by atoms with Gasteiger partial charge < -0.3 is 4.57 Å². The number of rotatable bonds is 4. The fourth-order valence-electron chi connectivity index (χ4n) is 2.42. The summed E-state index contributed by atoms with van der Waals surface area (Å²) in [6, 6.07) is 13.7. The van der Waals surface area contributed by atoms with Crippen LogP contribution in [0.15, 0.2) is 59.6 Å². The normalized spacial score (nSPS) is 11.7. The summed E-state index contributed by atoms with van der Waals surface area (Å²) in [5.74, 6) is -0.229. The molecule has 1 heterocycles. The van der Waals surface area contributed by atoms with Gasteiger partial charge in [-0.15, -0.1) is 0 Å². The molecule has 0 saturated carbocycles. The first-order valence-electron chi connectivity index (χ1n) is 6.76. The Hall–Kier alpha value is -2.15. The molecule has 0 radical (unpaired) electrons. The third kappa shape index (κ3) is 3.14. The highest BCUT2D eigenvalue weighted by molar-refractivity contribution is 7.89. The van der Waals surface area contributed by atoms with Crippen LogP contribution < -0.4 is 5.14 Å². The molecule has 0 aliphatic heterocycles. The molecule has 0 atom stereocenters. The van der Waals surface area contributed by atoms with Crippen molar-refractivity contribution in [2.75, 3.05) is 0 Å². The lowest BCUT2D eigenvalue weighted by atomic mass is 10.1. The summed E-state index contributed by atoms with van der Waals surface area (Å²) in [6.45, 7) is 0.0964. The molecule has 1 aromatic heterocycles. The highest BCUT2D eigenvalue weighted by atomic mass is 35.5. The highest BCUT2D eigenvalue weighted by Gasteiger charge is 2.17. The molecule has 3 aromatic rings. The lowest BCUT2D eigenvalue weighted by Gasteiger charge is -2.07. The van der Waals surface area contributed by atoms with Gasteiger partial charge in [0.15, 0.2) is 5.78 Å². The summed E-state index contributed by atoms with van der Waals surface area (Å²) in [4.78, 5) is 12.2. The molecule has 0 fully saturated rings. The third-order valence-corrected chi connectivity index (χ3v) is 4.95. The molecule has 0 amide bonds. The number of nitrogens with two attached hydrogens (primary N) is 1. The number of halogens is 1. The van der Waals surface area contributed by atoms with E-state index in [1.807, 2.05) is 41.1 Å². The van der Waals surface area contributed by atoms with E-state index in [2.05, 4.69) is 0 Å². The highest BCUT2D eigenvalue weighted by Crippen LogP contribution is 2.22. The van der Waals surface area contributed by atoms with Gasteiger partial charge in [-0.05, 0) is 35.7 Å². The predicted octanol–water partition coefficient (Wildman–Crippen LogP) is 2.83. The van der Waals surface area contributed by atoms with E-state index in [9.17, 15) is 13.2 Å². The first-order chi connectivity index (χ1) is 10.9. The number of carbonyl (C=O) groups excluding carboxylic acids is 1. The van der Waals surface area contributed by atoms with Crippen molar-refractivity contribution >= 4 is 38.3 Å². The SMILES string of the molecule is NS(=O)(=O)c1cc(C(=O)Cn2ccc3ccccc32)ccc1Cl. The Morgan fingerprint density at radius 3 is 2.61 bits per heavy atom. The summed E-state index contributed by atoms with van der Waals surface area (Å²) in [7, 11) is -3.98. The van der Waals surface area contributed by atoms with Crippen molar-refractivity contribution in [1.82, 2.24) is 4.57 Å². The molecular formula is C16H13ClN2O3S. The van der Waals surface area contributed by atoms with Gasteiger partial charge >= 0.3 is 0 Å². The number of ketones is 1. The number of carbonyl (C=O) groups is 1. The van der Waals surface area contributed by atoms with Gasteiger partial charge in [-0.25, -0.2) is 13.6 Å². The average Bonchev–Trinajstić information content (AvgIpc) is 2.90. The molecule has 2 N–H and O–H groups in total. The van der Waals surface area contributed by atoms with E-state index in [-0.39, 0.29) is 27.8 Å². The van der Waals surface area contributed by atoms with E-state index in [1.54, 1.807) is 0 Å². The van der Waals surface area contributed by atoms with Gasteiger partial charge in [-0.3, -0.25) is 4.79 Å². The van der Waals surface area contributed by atoms with E-state index >= 15 is 0 Å². The van der Waals surface area contributed by atoms with Gasteiger partial charge in [0.1, 0.15) is 4.90 Å². The van der Waals surface area contributed by atoms with Crippen LogP contribution in [0.4, 0.5) is 0 Å². The predicted molar refractivity (Wildman–Crippen MR) is 89.1 cm³/mol. The van der Waals surface area contributed by atoms with Crippen LogP contribution in [-0.2, 0) is 16.6 Å². The zero-order chi connectivity index (χ0) is 16.6. The molecule has 0 aliphatic rings. The van der Waals surface area contributed by atoms with E-state index in [0.29, 0.717) is 0 Å². The second-order valence-electron chi connectivity index (χ2n) is 5.12. The van der Waals surface area contributed by atoms with Crippen molar-refractivity contribution in [3.8, 4) is 0 Å². The summed E-state index contributed by atoms with van der Waals surface area (Å²) in [5.41, 5.74) is 1.18. The number of hydrogen-bond donors (Lipinski definition) is 1. The third-order valence-electron chi connectivity index (χ3n) is 3.55. The van der Waals surface area contributed by atoms with Crippen molar-refractivity contribution in [3.05, 3.63) is 65.3 Å². The lowest BCUT2D eigenvalue weighted by Crippen LogP contribution is -2.15. The number of hydrogen-bond acceptors (Lipinski definition) is 3. The topological polar surface area (TPSA) is 82.2 Å². The molecule has 23 heavy (non-hydrogen) atoms. The molecule has 3 rings (SSSR count). The number of Topliss-reactive ketones (excluding diaryl/α,β-unsaturated/α-hetero) is 1. The maximum atomic E-state index is 12.4. The maximum Gasteiger partial charge on any atom is 0.239 e. The summed E-state index contributed by atoms with van der Waals surface area (Å²) in [6.07, 6.45) is 1.82. The molecule has 0 unspecified atom stereocenters. The Morgan fingerprint density at radius 1 is 1.13 bits per heavy atom. The molecule has 2 aromatic carbocycles. The van der Waals surface area contributed by atoms with Crippen molar-refractivity contribution in [2.45, 2.75) is 11.4 Å². The molecule has 0 spiro atoms. The molecule has 0 bridgehead atoms. The average molecular weight is 349 g/mol. The maximum absolute atomic E-state index is 12.4. The van der Waals surface area contributed by atoms with Gasteiger partial charge in [0, 0.05) is 17.3 Å². The monoisotopic (exact) mass is 348 g/mol. The van der Waals surface area contributed by atoms with Gasteiger partial charge in [0.05, 0.1) is 11.6 Å². The van der Waals surface area contributed by atoms with Gasteiger partial charge in [-0.2, -0.15) is 0 Å². The van der Waals surface area contributed by atoms with Crippen molar-refractivity contribution in [3.63, 3.8) is 0 Å². The zero-order valence-corrected chi connectivity index (χ0v) is 13.5. The van der Waals surface area contributed by atoms with E-state index in [4.69, 9.17) is 16.7 Å². The van der Waals surface area contributed by atoms with Crippen LogP contribution in [0, 0.1) is 0 Å². The molecule has 5 nitrogen and oxygen atoms in total. The molecule has 0 saturated heterocycles. The van der Waals surface area contributed by atoms with E-state index in [0.717, 1.165) is 10.9 Å².